The van der Waals surface area contributed by atoms with Gasteiger partial charge in [0, 0.05) is 12.6 Å². The fourth-order valence-corrected chi connectivity index (χ4v) is 2.50. The number of rotatable bonds is 5. The number of anilines is 1. The predicted octanol–water partition coefficient (Wildman–Crippen LogP) is 2.92. The van der Waals surface area contributed by atoms with Gasteiger partial charge in [0.25, 0.3) is 11.9 Å². The zero-order valence-electron chi connectivity index (χ0n) is 11.2. The smallest absolute Gasteiger partial charge is 0.253 e. The number of hydrogen-bond acceptors (Lipinski definition) is 3. The van der Waals surface area contributed by atoms with Crippen molar-refractivity contribution in [2.45, 2.75) is 32.2 Å². The van der Waals surface area contributed by atoms with Gasteiger partial charge in [-0.1, -0.05) is 6.92 Å². The van der Waals surface area contributed by atoms with E-state index in [4.69, 9.17) is 0 Å². The maximum Gasteiger partial charge on any atom is 0.253 e. The maximum absolute atomic E-state index is 13.5. The molecule has 2 heterocycles. The van der Waals surface area contributed by atoms with Crippen molar-refractivity contribution >= 4 is 5.69 Å². The minimum Gasteiger partial charge on any atom is -0.378 e. The SMILES string of the molecule is CCC(CNc1c(F)c(F)nc(F)c1F)N1CCCC1. The Morgan fingerprint density at radius 3 is 2.15 bits per heavy atom. The zero-order valence-corrected chi connectivity index (χ0v) is 11.2. The minimum absolute atomic E-state index is 0.0792. The minimum atomic E-state index is -1.64. The van der Waals surface area contributed by atoms with Crippen LogP contribution in [0.5, 0.6) is 0 Å². The third-order valence-corrected chi connectivity index (χ3v) is 3.64. The molecule has 20 heavy (non-hydrogen) atoms. The summed E-state index contributed by atoms with van der Waals surface area (Å²) in [6.07, 6.45) is 2.97. The van der Waals surface area contributed by atoms with Crippen LogP contribution in [0.15, 0.2) is 0 Å². The summed E-state index contributed by atoms with van der Waals surface area (Å²) < 4.78 is 52.9. The fraction of sp³-hybridized carbons (Fsp3) is 0.615. The van der Waals surface area contributed by atoms with Gasteiger partial charge in [0.2, 0.25) is 11.6 Å². The normalized spacial score (nSPS) is 17.4. The first kappa shape index (κ1) is 15.0. The van der Waals surface area contributed by atoms with E-state index in [1.54, 1.807) is 0 Å². The summed E-state index contributed by atoms with van der Waals surface area (Å²) in [5.74, 6) is -6.25. The molecule has 2 rings (SSSR count). The molecule has 0 aromatic carbocycles. The Morgan fingerprint density at radius 2 is 1.65 bits per heavy atom. The highest BCUT2D eigenvalue weighted by molar-refractivity contribution is 5.45. The van der Waals surface area contributed by atoms with Crippen LogP contribution in [0.1, 0.15) is 26.2 Å². The molecule has 1 aliphatic heterocycles. The summed E-state index contributed by atoms with van der Waals surface area (Å²) in [7, 11) is 0. The van der Waals surface area contributed by atoms with Crippen LogP contribution in [-0.2, 0) is 0 Å². The standard InChI is InChI=1S/C13H17F4N3/c1-2-8(20-5-3-4-6-20)7-18-11-9(14)12(16)19-13(17)10(11)15/h8H,2-7H2,1H3,(H,18,19). The number of nitrogens with zero attached hydrogens (tertiary/aromatic N) is 2. The molecule has 1 N–H and O–H groups in total. The lowest BCUT2D eigenvalue weighted by Crippen LogP contribution is -2.37. The summed E-state index contributed by atoms with van der Waals surface area (Å²) in [4.78, 5) is 4.73. The van der Waals surface area contributed by atoms with E-state index in [2.05, 4.69) is 15.2 Å². The van der Waals surface area contributed by atoms with E-state index < -0.39 is 29.2 Å². The lowest BCUT2D eigenvalue weighted by atomic mass is 10.2. The summed E-state index contributed by atoms with van der Waals surface area (Å²) in [5, 5.41) is 2.48. The van der Waals surface area contributed by atoms with Gasteiger partial charge in [0.15, 0.2) is 0 Å². The molecule has 7 heteroatoms. The summed E-state index contributed by atoms with van der Waals surface area (Å²) in [5.41, 5.74) is -0.785. The van der Waals surface area contributed by atoms with E-state index in [-0.39, 0.29) is 12.6 Å². The fourth-order valence-electron chi connectivity index (χ4n) is 2.50. The molecule has 1 aromatic rings. The molecule has 1 aliphatic rings. The molecule has 1 aromatic heterocycles. The molecule has 1 unspecified atom stereocenters. The molecule has 0 saturated carbocycles. The van der Waals surface area contributed by atoms with Gasteiger partial charge in [-0.2, -0.15) is 22.5 Å². The van der Waals surface area contributed by atoms with Crippen molar-refractivity contribution < 1.29 is 17.6 Å². The Hall–Kier alpha value is -1.37. The van der Waals surface area contributed by atoms with Crippen LogP contribution in [0.2, 0.25) is 0 Å². The van der Waals surface area contributed by atoms with Crippen molar-refractivity contribution in [3.05, 3.63) is 23.5 Å². The van der Waals surface area contributed by atoms with Gasteiger partial charge in [0.1, 0.15) is 5.69 Å². The topological polar surface area (TPSA) is 28.2 Å². The molecule has 0 amide bonds. The molecular weight excluding hydrogens is 274 g/mol. The molecular formula is C13H17F4N3. The van der Waals surface area contributed by atoms with Gasteiger partial charge in [-0.25, -0.2) is 0 Å². The van der Waals surface area contributed by atoms with Crippen LogP contribution in [0.3, 0.4) is 0 Å². The lowest BCUT2D eigenvalue weighted by Gasteiger charge is -2.27. The zero-order chi connectivity index (χ0) is 14.7. The number of likely N-dealkylation sites (tertiary alicyclic amines) is 1. The van der Waals surface area contributed by atoms with Crippen molar-refractivity contribution in [2.24, 2.45) is 0 Å². The average Bonchev–Trinajstić information content (AvgIpc) is 2.94. The van der Waals surface area contributed by atoms with Crippen LogP contribution < -0.4 is 5.32 Å². The second kappa shape index (κ2) is 6.39. The number of aromatic nitrogens is 1. The van der Waals surface area contributed by atoms with E-state index in [0.29, 0.717) is 0 Å². The molecule has 0 radical (unpaired) electrons. The largest absolute Gasteiger partial charge is 0.378 e. The Kier molecular flexibility index (Phi) is 4.80. The molecule has 1 atom stereocenters. The van der Waals surface area contributed by atoms with E-state index in [1.165, 1.54) is 0 Å². The van der Waals surface area contributed by atoms with Crippen LogP contribution >= 0.6 is 0 Å². The molecule has 0 aliphatic carbocycles. The van der Waals surface area contributed by atoms with Crippen LogP contribution in [0.25, 0.3) is 0 Å². The van der Waals surface area contributed by atoms with Gasteiger partial charge >= 0.3 is 0 Å². The van der Waals surface area contributed by atoms with Gasteiger partial charge in [-0.3, -0.25) is 4.90 Å². The number of nitrogens with one attached hydrogen (secondary N) is 1. The summed E-state index contributed by atoms with van der Waals surface area (Å²) >= 11 is 0. The third kappa shape index (κ3) is 3.03. The molecule has 112 valence electrons. The number of pyridine rings is 1. The Bertz CT molecular complexity index is 449. The second-order valence-corrected chi connectivity index (χ2v) is 4.88. The predicted molar refractivity (Wildman–Crippen MR) is 67.4 cm³/mol. The number of halogens is 4. The van der Waals surface area contributed by atoms with E-state index >= 15 is 0 Å². The molecule has 1 fully saturated rings. The van der Waals surface area contributed by atoms with E-state index in [9.17, 15) is 17.6 Å². The van der Waals surface area contributed by atoms with Crippen LogP contribution in [0.4, 0.5) is 23.2 Å². The second-order valence-electron chi connectivity index (χ2n) is 4.88. The lowest BCUT2D eigenvalue weighted by molar-refractivity contribution is 0.246. The quantitative estimate of drug-likeness (QED) is 0.668. The molecule has 3 nitrogen and oxygen atoms in total. The molecule has 0 bridgehead atoms. The molecule has 0 spiro atoms. The Balaban J connectivity index is 2.09. The van der Waals surface area contributed by atoms with Crippen LogP contribution in [0, 0.1) is 23.5 Å². The maximum atomic E-state index is 13.5. The first-order valence-corrected chi connectivity index (χ1v) is 6.72. The highest BCUT2D eigenvalue weighted by Gasteiger charge is 2.24. The average molecular weight is 291 g/mol. The van der Waals surface area contributed by atoms with E-state index in [0.717, 1.165) is 32.4 Å². The summed E-state index contributed by atoms with van der Waals surface area (Å²) in [6, 6.07) is 0.0792. The van der Waals surface area contributed by atoms with Gasteiger partial charge in [-0.05, 0) is 32.4 Å². The van der Waals surface area contributed by atoms with Crippen LogP contribution in [-0.4, -0.2) is 35.6 Å². The van der Waals surface area contributed by atoms with Gasteiger partial charge in [0.05, 0.1) is 0 Å². The van der Waals surface area contributed by atoms with Crippen molar-refractivity contribution in [1.29, 1.82) is 0 Å². The summed E-state index contributed by atoms with van der Waals surface area (Å²) in [6.45, 7) is 4.06. The van der Waals surface area contributed by atoms with Crippen molar-refractivity contribution in [1.82, 2.24) is 9.88 Å². The van der Waals surface area contributed by atoms with Gasteiger partial charge < -0.3 is 5.32 Å². The number of hydrogen-bond donors (Lipinski definition) is 1. The monoisotopic (exact) mass is 291 g/mol. The third-order valence-electron chi connectivity index (χ3n) is 3.64. The van der Waals surface area contributed by atoms with Gasteiger partial charge in [-0.15, -0.1) is 0 Å². The Labute approximate surface area is 115 Å². The Morgan fingerprint density at radius 1 is 1.10 bits per heavy atom. The van der Waals surface area contributed by atoms with Crippen molar-refractivity contribution in [2.75, 3.05) is 25.0 Å². The van der Waals surface area contributed by atoms with E-state index in [1.807, 2.05) is 6.92 Å². The highest BCUT2D eigenvalue weighted by Crippen LogP contribution is 2.23. The molecule has 1 saturated heterocycles. The first-order chi connectivity index (χ1) is 9.54. The first-order valence-electron chi connectivity index (χ1n) is 6.72. The van der Waals surface area contributed by atoms with Crippen molar-refractivity contribution in [3.63, 3.8) is 0 Å². The highest BCUT2D eigenvalue weighted by atomic mass is 19.2. The van der Waals surface area contributed by atoms with Crippen molar-refractivity contribution in [3.8, 4) is 0 Å².